The van der Waals surface area contributed by atoms with Crippen LogP contribution in [0.1, 0.15) is 13.8 Å². The standard InChI is InChI=1S/C7H15NO6S2/c1-3-15(11,12)5-4-8-16(13,14)6(2)7(9)10/h6,8H,3-5H2,1-2H3,(H,9,10). The molecule has 96 valence electrons. The number of carboxylic acids is 1. The number of rotatable bonds is 7. The predicted octanol–water partition coefficient (Wildman–Crippen LogP) is -1.19. The third-order valence-electron chi connectivity index (χ3n) is 1.97. The first kappa shape index (κ1) is 15.3. The summed E-state index contributed by atoms with van der Waals surface area (Å²) in [6.45, 7) is 2.15. The van der Waals surface area contributed by atoms with E-state index in [1.165, 1.54) is 6.92 Å². The smallest absolute Gasteiger partial charge is 0.323 e. The average molecular weight is 273 g/mol. The van der Waals surface area contributed by atoms with E-state index in [4.69, 9.17) is 5.11 Å². The Morgan fingerprint density at radius 2 is 1.81 bits per heavy atom. The van der Waals surface area contributed by atoms with Crippen molar-refractivity contribution in [2.75, 3.05) is 18.1 Å². The Bertz CT molecular complexity index is 437. The number of hydrogen-bond acceptors (Lipinski definition) is 5. The van der Waals surface area contributed by atoms with Crippen LogP contribution in [0.2, 0.25) is 0 Å². The molecule has 0 radical (unpaired) electrons. The molecule has 1 unspecified atom stereocenters. The Labute approximate surface area is 94.8 Å². The summed E-state index contributed by atoms with van der Waals surface area (Å²) in [6, 6.07) is 0. The molecule has 0 amide bonds. The molecule has 0 heterocycles. The topological polar surface area (TPSA) is 118 Å². The number of aliphatic carboxylic acids is 1. The molecule has 0 rings (SSSR count). The van der Waals surface area contributed by atoms with Gasteiger partial charge in [-0.15, -0.1) is 0 Å². The summed E-state index contributed by atoms with van der Waals surface area (Å²) >= 11 is 0. The number of carboxylic acid groups (broad SMARTS) is 1. The highest BCUT2D eigenvalue weighted by molar-refractivity contribution is 7.92. The molecule has 0 saturated heterocycles. The minimum Gasteiger partial charge on any atom is -0.480 e. The van der Waals surface area contributed by atoms with Crippen molar-refractivity contribution in [1.29, 1.82) is 0 Å². The fourth-order valence-electron chi connectivity index (χ4n) is 0.741. The van der Waals surface area contributed by atoms with Crippen LogP contribution < -0.4 is 4.72 Å². The van der Waals surface area contributed by atoms with E-state index in [1.807, 2.05) is 4.72 Å². The van der Waals surface area contributed by atoms with Crippen LogP contribution in [0.3, 0.4) is 0 Å². The van der Waals surface area contributed by atoms with Gasteiger partial charge >= 0.3 is 5.97 Å². The highest BCUT2D eigenvalue weighted by atomic mass is 32.2. The van der Waals surface area contributed by atoms with Crippen molar-refractivity contribution in [3.05, 3.63) is 0 Å². The quantitative estimate of drug-likeness (QED) is 0.602. The molecule has 0 aromatic heterocycles. The van der Waals surface area contributed by atoms with Crippen LogP contribution in [0.5, 0.6) is 0 Å². The molecule has 7 nitrogen and oxygen atoms in total. The van der Waals surface area contributed by atoms with Gasteiger partial charge in [-0.1, -0.05) is 6.92 Å². The van der Waals surface area contributed by atoms with Crippen molar-refractivity contribution in [1.82, 2.24) is 4.72 Å². The number of nitrogens with one attached hydrogen (secondary N) is 1. The van der Waals surface area contributed by atoms with Crippen LogP contribution in [0, 0.1) is 0 Å². The van der Waals surface area contributed by atoms with Gasteiger partial charge in [0.1, 0.15) is 0 Å². The van der Waals surface area contributed by atoms with Crippen LogP contribution in [0.15, 0.2) is 0 Å². The van der Waals surface area contributed by atoms with E-state index >= 15 is 0 Å². The number of sulfone groups is 1. The van der Waals surface area contributed by atoms with Crippen molar-refractivity contribution in [3.8, 4) is 0 Å². The van der Waals surface area contributed by atoms with E-state index in [9.17, 15) is 21.6 Å². The first-order valence-corrected chi connectivity index (χ1v) is 7.91. The lowest BCUT2D eigenvalue weighted by Gasteiger charge is -2.09. The normalized spacial score (nSPS) is 14.6. The summed E-state index contributed by atoms with van der Waals surface area (Å²) in [6.07, 6.45) is 0. The third-order valence-corrected chi connectivity index (χ3v) is 5.41. The monoisotopic (exact) mass is 273 g/mol. The lowest BCUT2D eigenvalue weighted by Crippen LogP contribution is -2.39. The summed E-state index contributed by atoms with van der Waals surface area (Å²) in [5, 5.41) is 6.89. The van der Waals surface area contributed by atoms with Gasteiger partial charge in [-0.05, 0) is 6.92 Å². The second-order valence-corrected chi connectivity index (χ2v) is 7.71. The maximum Gasteiger partial charge on any atom is 0.323 e. The average Bonchev–Trinajstić information content (AvgIpc) is 2.15. The van der Waals surface area contributed by atoms with Gasteiger partial charge in [0.25, 0.3) is 0 Å². The van der Waals surface area contributed by atoms with Gasteiger partial charge in [0.2, 0.25) is 10.0 Å². The zero-order valence-corrected chi connectivity index (χ0v) is 10.6. The van der Waals surface area contributed by atoms with Gasteiger partial charge in [-0.25, -0.2) is 21.6 Å². The lowest BCUT2D eigenvalue weighted by molar-refractivity contribution is -0.136. The lowest BCUT2D eigenvalue weighted by atomic mass is 10.5. The molecule has 0 spiro atoms. The van der Waals surface area contributed by atoms with Gasteiger partial charge in [0.05, 0.1) is 5.75 Å². The fraction of sp³-hybridized carbons (Fsp3) is 0.857. The van der Waals surface area contributed by atoms with Crippen LogP contribution in [-0.4, -0.2) is 51.2 Å². The Morgan fingerprint density at radius 3 is 2.19 bits per heavy atom. The van der Waals surface area contributed by atoms with Gasteiger partial charge in [-0.2, -0.15) is 0 Å². The van der Waals surface area contributed by atoms with E-state index in [-0.39, 0.29) is 18.1 Å². The van der Waals surface area contributed by atoms with E-state index in [2.05, 4.69) is 0 Å². The van der Waals surface area contributed by atoms with E-state index < -0.39 is 31.1 Å². The second-order valence-electron chi connectivity index (χ2n) is 3.16. The highest BCUT2D eigenvalue weighted by Gasteiger charge is 2.27. The largest absolute Gasteiger partial charge is 0.480 e. The maximum atomic E-state index is 11.3. The van der Waals surface area contributed by atoms with Gasteiger partial charge in [-0.3, -0.25) is 4.79 Å². The third kappa shape index (κ3) is 4.90. The van der Waals surface area contributed by atoms with E-state index in [0.29, 0.717) is 0 Å². The molecule has 9 heteroatoms. The summed E-state index contributed by atoms with van der Waals surface area (Å²) in [5.74, 6) is -1.90. The fourth-order valence-corrected chi connectivity index (χ4v) is 2.47. The molecule has 2 N–H and O–H groups in total. The van der Waals surface area contributed by atoms with Gasteiger partial charge < -0.3 is 5.11 Å². The van der Waals surface area contributed by atoms with E-state index in [1.54, 1.807) is 0 Å². The zero-order chi connectivity index (χ0) is 13.0. The Kier molecular flexibility index (Phi) is 5.36. The van der Waals surface area contributed by atoms with Crippen molar-refractivity contribution in [2.45, 2.75) is 19.1 Å². The summed E-state index contributed by atoms with van der Waals surface area (Å²) in [7, 11) is -7.27. The highest BCUT2D eigenvalue weighted by Crippen LogP contribution is 1.98. The molecular formula is C7H15NO6S2. The Hall–Kier alpha value is -0.670. The van der Waals surface area contributed by atoms with Crippen LogP contribution >= 0.6 is 0 Å². The van der Waals surface area contributed by atoms with Crippen molar-refractivity contribution < 1.29 is 26.7 Å². The molecule has 1 atom stereocenters. The van der Waals surface area contributed by atoms with Gasteiger partial charge in [0.15, 0.2) is 15.1 Å². The minimum atomic E-state index is -4.00. The summed E-state index contributed by atoms with van der Waals surface area (Å²) < 4.78 is 46.5. The zero-order valence-electron chi connectivity index (χ0n) is 9.00. The number of carbonyl (C=O) groups is 1. The first-order valence-electron chi connectivity index (χ1n) is 4.54. The molecule has 0 aromatic rings. The van der Waals surface area contributed by atoms with Crippen molar-refractivity contribution in [3.63, 3.8) is 0 Å². The second kappa shape index (κ2) is 5.60. The van der Waals surface area contributed by atoms with E-state index in [0.717, 1.165) is 6.92 Å². The van der Waals surface area contributed by atoms with Crippen LogP contribution in [0.25, 0.3) is 0 Å². The predicted molar refractivity (Wildman–Crippen MR) is 58.3 cm³/mol. The molecule has 0 aliphatic rings. The number of hydrogen-bond donors (Lipinski definition) is 2. The Balaban J connectivity index is 4.38. The molecule has 0 aromatic carbocycles. The minimum absolute atomic E-state index is 0.0801. The molecule has 16 heavy (non-hydrogen) atoms. The molecule has 0 aliphatic carbocycles. The first-order chi connectivity index (χ1) is 7.12. The van der Waals surface area contributed by atoms with Crippen LogP contribution in [0.4, 0.5) is 0 Å². The number of sulfonamides is 1. The van der Waals surface area contributed by atoms with Crippen LogP contribution in [-0.2, 0) is 24.7 Å². The SMILES string of the molecule is CCS(=O)(=O)CCNS(=O)(=O)C(C)C(=O)O. The summed E-state index contributed by atoms with van der Waals surface area (Å²) in [5.41, 5.74) is 0. The van der Waals surface area contributed by atoms with Gasteiger partial charge in [0, 0.05) is 12.3 Å². The Morgan fingerprint density at radius 1 is 1.31 bits per heavy atom. The van der Waals surface area contributed by atoms with Crippen molar-refractivity contribution >= 4 is 25.8 Å². The summed E-state index contributed by atoms with van der Waals surface area (Å²) in [4.78, 5) is 10.4. The molecule has 0 aliphatic heterocycles. The molecule has 0 bridgehead atoms. The molecule has 0 fully saturated rings. The van der Waals surface area contributed by atoms with Crippen molar-refractivity contribution in [2.24, 2.45) is 0 Å². The molecular weight excluding hydrogens is 258 g/mol. The maximum absolute atomic E-state index is 11.3. The molecule has 0 saturated carbocycles.